The van der Waals surface area contributed by atoms with Crippen molar-refractivity contribution in [3.05, 3.63) is 30.6 Å². The zero-order valence-corrected chi connectivity index (χ0v) is 11.6. The summed E-state index contributed by atoms with van der Waals surface area (Å²) >= 11 is 5.65. The monoisotopic (exact) mass is 279 g/mol. The predicted molar refractivity (Wildman–Crippen MR) is 77.1 cm³/mol. The molecule has 2 aromatic rings. The van der Waals surface area contributed by atoms with Gasteiger partial charge in [-0.15, -0.1) is 11.6 Å². The summed E-state index contributed by atoms with van der Waals surface area (Å²) in [6.45, 7) is 2.69. The lowest BCUT2D eigenvalue weighted by molar-refractivity contribution is 0.0470. The van der Waals surface area contributed by atoms with E-state index in [0.29, 0.717) is 18.6 Å². The summed E-state index contributed by atoms with van der Waals surface area (Å²) in [5.41, 5.74) is 0.998. The van der Waals surface area contributed by atoms with E-state index in [-0.39, 0.29) is 0 Å². The van der Waals surface area contributed by atoms with Crippen LogP contribution in [0.25, 0.3) is 5.65 Å². The van der Waals surface area contributed by atoms with Gasteiger partial charge in [0.05, 0.1) is 12.7 Å². The highest BCUT2D eigenvalue weighted by molar-refractivity contribution is 6.17. The number of fused-ring (bicyclic) bond motifs is 1. The van der Waals surface area contributed by atoms with Gasteiger partial charge in [-0.25, -0.2) is 4.98 Å². The molecule has 19 heavy (non-hydrogen) atoms. The first-order valence-electron chi connectivity index (χ1n) is 6.73. The molecule has 1 aliphatic rings. The topological polar surface area (TPSA) is 29.8 Å². The Morgan fingerprint density at radius 3 is 2.95 bits per heavy atom. The van der Waals surface area contributed by atoms with Crippen LogP contribution in [0.5, 0.6) is 0 Å². The summed E-state index contributed by atoms with van der Waals surface area (Å²) in [6.07, 6.45) is 6.33. The summed E-state index contributed by atoms with van der Waals surface area (Å²) in [7, 11) is 0. The van der Waals surface area contributed by atoms with Gasteiger partial charge in [-0.1, -0.05) is 6.07 Å². The Morgan fingerprint density at radius 1 is 1.32 bits per heavy atom. The molecule has 2 aromatic heterocycles. The summed E-state index contributed by atoms with van der Waals surface area (Å²) < 4.78 is 7.85. The number of hydrogen-bond donors (Lipinski definition) is 0. The van der Waals surface area contributed by atoms with Crippen molar-refractivity contribution in [3.8, 4) is 0 Å². The molecule has 0 N–H and O–H groups in total. The third kappa shape index (κ3) is 2.69. The van der Waals surface area contributed by atoms with Crippen LogP contribution in [0.1, 0.15) is 12.8 Å². The fraction of sp³-hybridized carbons (Fsp3) is 0.500. The number of pyridine rings is 1. The molecule has 0 aliphatic carbocycles. The van der Waals surface area contributed by atoms with Gasteiger partial charge in [0.15, 0.2) is 0 Å². The molecule has 5 heteroatoms. The van der Waals surface area contributed by atoms with Crippen LogP contribution in [-0.4, -0.2) is 41.1 Å². The van der Waals surface area contributed by atoms with Gasteiger partial charge in [0.2, 0.25) is 0 Å². The van der Waals surface area contributed by atoms with E-state index >= 15 is 0 Å². The number of alkyl halides is 1. The normalized spacial score (nSPS) is 17.2. The SMILES string of the molecule is ClCCOC1CCN(c2cccc3nccn23)CC1. The molecule has 0 atom stereocenters. The molecule has 4 nitrogen and oxygen atoms in total. The minimum atomic E-state index is 0.358. The lowest BCUT2D eigenvalue weighted by Gasteiger charge is -2.33. The second-order valence-corrected chi connectivity index (χ2v) is 5.16. The van der Waals surface area contributed by atoms with E-state index in [1.54, 1.807) is 0 Å². The second kappa shape index (κ2) is 5.80. The van der Waals surface area contributed by atoms with Crippen LogP contribution in [0, 0.1) is 0 Å². The molecular weight excluding hydrogens is 262 g/mol. The van der Waals surface area contributed by atoms with E-state index in [4.69, 9.17) is 16.3 Å². The average molecular weight is 280 g/mol. The Labute approximate surface area is 117 Å². The van der Waals surface area contributed by atoms with Crippen LogP contribution in [0.4, 0.5) is 5.82 Å². The van der Waals surface area contributed by atoms with Crippen molar-refractivity contribution < 1.29 is 4.74 Å². The number of anilines is 1. The smallest absolute Gasteiger partial charge is 0.138 e. The van der Waals surface area contributed by atoms with Crippen LogP contribution >= 0.6 is 11.6 Å². The molecule has 1 aliphatic heterocycles. The van der Waals surface area contributed by atoms with Crippen LogP contribution in [0.15, 0.2) is 30.6 Å². The molecule has 0 saturated carbocycles. The molecule has 102 valence electrons. The number of piperidine rings is 1. The Balaban J connectivity index is 1.69. The first-order chi connectivity index (χ1) is 9.38. The Kier molecular flexibility index (Phi) is 3.89. The van der Waals surface area contributed by atoms with E-state index in [2.05, 4.69) is 26.4 Å². The van der Waals surface area contributed by atoms with Gasteiger partial charge < -0.3 is 9.64 Å². The quantitative estimate of drug-likeness (QED) is 0.806. The van der Waals surface area contributed by atoms with Crippen LogP contribution in [0.3, 0.4) is 0 Å². The third-order valence-corrected chi connectivity index (χ3v) is 3.76. The van der Waals surface area contributed by atoms with Crippen molar-refractivity contribution in [1.82, 2.24) is 9.38 Å². The molecule has 3 heterocycles. The first-order valence-corrected chi connectivity index (χ1v) is 7.26. The number of rotatable bonds is 4. The Hall–Kier alpha value is -1.26. The maximum atomic E-state index is 5.71. The molecule has 0 aromatic carbocycles. The minimum absolute atomic E-state index is 0.358. The summed E-state index contributed by atoms with van der Waals surface area (Å²) in [5.74, 6) is 1.79. The fourth-order valence-corrected chi connectivity index (χ4v) is 2.74. The van der Waals surface area contributed by atoms with E-state index in [1.807, 2.05) is 18.5 Å². The lowest BCUT2D eigenvalue weighted by atomic mass is 10.1. The summed E-state index contributed by atoms with van der Waals surface area (Å²) in [4.78, 5) is 6.72. The molecule has 0 amide bonds. The first kappa shape index (κ1) is 12.8. The molecular formula is C14H18ClN3O. The zero-order valence-electron chi connectivity index (χ0n) is 10.8. The number of imidazole rings is 1. The van der Waals surface area contributed by atoms with Gasteiger partial charge in [-0.3, -0.25) is 4.40 Å². The lowest BCUT2D eigenvalue weighted by Crippen LogP contribution is -2.38. The van der Waals surface area contributed by atoms with Crippen LogP contribution in [0.2, 0.25) is 0 Å². The Bertz CT molecular complexity index is 534. The van der Waals surface area contributed by atoms with Crippen molar-refractivity contribution in [3.63, 3.8) is 0 Å². The highest BCUT2D eigenvalue weighted by Crippen LogP contribution is 2.22. The van der Waals surface area contributed by atoms with Crippen LogP contribution < -0.4 is 4.90 Å². The molecule has 0 unspecified atom stereocenters. The number of aromatic nitrogens is 2. The number of halogens is 1. The third-order valence-electron chi connectivity index (χ3n) is 3.60. The van der Waals surface area contributed by atoms with E-state index in [0.717, 1.165) is 31.6 Å². The van der Waals surface area contributed by atoms with Gasteiger partial charge in [-0.05, 0) is 25.0 Å². The van der Waals surface area contributed by atoms with E-state index in [1.165, 1.54) is 5.82 Å². The molecule has 3 rings (SSSR count). The highest BCUT2D eigenvalue weighted by atomic mass is 35.5. The molecule has 1 fully saturated rings. The van der Waals surface area contributed by atoms with Crippen molar-refractivity contribution in [2.24, 2.45) is 0 Å². The van der Waals surface area contributed by atoms with Gasteiger partial charge >= 0.3 is 0 Å². The minimum Gasteiger partial charge on any atom is -0.377 e. The second-order valence-electron chi connectivity index (χ2n) is 4.79. The van der Waals surface area contributed by atoms with E-state index < -0.39 is 0 Å². The maximum absolute atomic E-state index is 5.71. The standard InChI is InChI=1S/C14H18ClN3O/c15-6-11-19-12-4-8-17(9-5-12)14-3-1-2-13-16-7-10-18(13)14/h1-3,7,10,12H,4-6,8-9,11H2. The number of hydrogen-bond acceptors (Lipinski definition) is 3. The zero-order chi connectivity index (χ0) is 13.1. The van der Waals surface area contributed by atoms with Crippen molar-refractivity contribution in [2.45, 2.75) is 18.9 Å². The van der Waals surface area contributed by atoms with Gasteiger partial charge in [0.25, 0.3) is 0 Å². The number of nitrogens with zero attached hydrogens (tertiary/aromatic N) is 3. The van der Waals surface area contributed by atoms with Gasteiger partial charge in [-0.2, -0.15) is 0 Å². The van der Waals surface area contributed by atoms with Crippen LogP contribution in [-0.2, 0) is 4.74 Å². The molecule has 0 bridgehead atoms. The highest BCUT2D eigenvalue weighted by Gasteiger charge is 2.20. The molecule has 1 saturated heterocycles. The molecule has 0 spiro atoms. The summed E-state index contributed by atoms with van der Waals surface area (Å²) in [6, 6.07) is 6.24. The average Bonchev–Trinajstić information content (AvgIpc) is 2.94. The van der Waals surface area contributed by atoms with Crippen molar-refractivity contribution >= 4 is 23.1 Å². The van der Waals surface area contributed by atoms with E-state index in [9.17, 15) is 0 Å². The Morgan fingerprint density at radius 2 is 2.16 bits per heavy atom. The fourth-order valence-electron chi connectivity index (χ4n) is 2.65. The van der Waals surface area contributed by atoms with Gasteiger partial charge in [0, 0.05) is 31.4 Å². The van der Waals surface area contributed by atoms with Crippen molar-refractivity contribution in [1.29, 1.82) is 0 Å². The maximum Gasteiger partial charge on any atom is 0.138 e. The number of ether oxygens (including phenoxy) is 1. The van der Waals surface area contributed by atoms with Crippen molar-refractivity contribution in [2.75, 3.05) is 30.5 Å². The largest absolute Gasteiger partial charge is 0.377 e. The predicted octanol–water partition coefficient (Wildman–Crippen LogP) is 2.56. The van der Waals surface area contributed by atoms with Gasteiger partial charge in [0.1, 0.15) is 11.5 Å². The molecule has 0 radical (unpaired) electrons. The summed E-state index contributed by atoms with van der Waals surface area (Å²) in [5, 5.41) is 0.